The van der Waals surface area contributed by atoms with Gasteiger partial charge in [0, 0.05) is 23.8 Å². The molecular weight excluding hydrogens is 328 g/mol. The fourth-order valence-corrected chi connectivity index (χ4v) is 2.64. The van der Waals surface area contributed by atoms with E-state index in [4.69, 9.17) is 9.15 Å². The summed E-state index contributed by atoms with van der Waals surface area (Å²) in [5.74, 6) is 0.773. The smallest absolute Gasteiger partial charge is 0.347 e. The van der Waals surface area contributed by atoms with Crippen molar-refractivity contribution >= 4 is 28.6 Å². The van der Waals surface area contributed by atoms with Gasteiger partial charge in [0.05, 0.1) is 12.8 Å². The predicted molar refractivity (Wildman–Crippen MR) is 106 cm³/mol. The summed E-state index contributed by atoms with van der Waals surface area (Å²) in [5.41, 5.74) is 2.11. The molecule has 0 radical (unpaired) electrons. The summed E-state index contributed by atoms with van der Waals surface area (Å²) in [7, 11) is 1.63. The number of hydrogen-bond donors (Lipinski definition) is 1. The first-order valence-corrected chi connectivity index (χ1v) is 8.69. The van der Waals surface area contributed by atoms with Gasteiger partial charge in [-0.15, -0.1) is 0 Å². The molecule has 0 fully saturated rings. The fourth-order valence-electron chi connectivity index (χ4n) is 2.64. The Labute approximate surface area is 152 Å². The van der Waals surface area contributed by atoms with Crippen molar-refractivity contribution in [3.8, 4) is 5.75 Å². The molecule has 1 heterocycles. The fraction of sp³-hybridized carbons (Fsp3) is 0.238. The summed E-state index contributed by atoms with van der Waals surface area (Å²) in [5, 5.41) is 4.17. The molecule has 0 aliphatic heterocycles. The van der Waals surface area contributed by atoms with Gasteiger partial charge >= 0.3 is 5.63 Å². The Kier molecular flexibility index (Phi) is 5.69. The molecule has 0 aliphatic rings. The Morgan fingerprint density at radius 1 is 1.15 bits per heavy atom. The lowest BCUT2D eigenvalue weighted by atomic mass is 10.1. The second kappa shape index (κ2) is 8.34. The van der Waals surface area contributed by atoms with Crippen molar-refractivity contribution in [1.82, 2.24) is 0 Å². The van der Waals surface area contributed by atoms with E-state index >= 15 is 0 Å². The predicted octanol–water partition coefficient (Wildman–Crippen LogP) is 4.76. The third-order valence-corrected chi connectivity index (χ3v) is 4.07. The third-order valence-electron chi connectivity index (χ3n) is 4.07. The molecular formula is C21H22N2O3. The Hall–Kier alpha value is -3.08. The zero-order valence-electron chi connectivity index (χ0n) is 15.0. The van der Waals surface area contributed by atoms with E-state index in [1.165, 1.54) is 0 Å². The van der Waals surface area contributed by atoms with Gasteiger partial charge < -0.3 is 14.5 Å². The Morgan fingerprint density at radius 2 is 1.92 bits per heavy atom. The van der Waals surface area contributed by atoms with Crippen LogP contribution in [-0.2, 0) is 0 Å². The van der Waals surface area contributed by atoms with Crippen LogP contribution in [0.25, 0.3) is 11.0 Å². The van der Waals surface area contributed by atoms with E-state index < -0.39 is 5.63 Å². The van der Waals surface area contributed by atoms with Crippen molar-refractivity contribution in [1.29, 1.82) is 0 Å². The quantitative estimate of drug-likeness (QED) is 0.379. The van der Waals surface area contributed by atoms with E-state index in [1.807, 2.05) is 42.5 Å². The van der Waals surface area contributed by atoms with Gasteiger partial charge in [0.25, 0.3) is 0 Å². The first-order valence-electron chi connectivity index (χ1n) is 8.69. The van der Waals surface area contributed by atoms with Gasteiger partial charge in [-0.25, -0.2) is 4.79 Å². The summed E-state index contributed by atoms with van der Waals surface area (Å²) >= 11 is 0. The number of para-hydroxylation sites is 1. The van der Waals surface area contributed by atoms with Crippen molar-refractivity contribution in [2.75, 3.05) is 19.0 Å². The Balaban J connectivity index is 2.06. The van der Waals surface area contributed by atoms with Crippen LogP contribution in [0, 0.1) is 0 Å². The standard InChI is InChI=1S/C21H22N2O3/c1-3-4-13-22-14-18-20(23-15-9-11-16(25-2)12-10-15)17-7-5-6-8-19(17)26-21(18)24/h5-12,14,23H,3-4,13H2,1-2H3. The van der Waals surface area contributed by atoms with Crippen LogP contribution >= 0.6 is 0 Å². The van der Waals surface area contributed by atoms with Crippen LogP contribution in [0.15, 0.2) is 62.7 Å². The topological polar surface area (TPSA) is 63.8 Å². The van der Waals surface area contributed by atoms with E-state index in [9.17, 15) is 4.79 Å². The molecule has 1 N–H and O–H groups in total. The van der Waals surface area contributed by atoms with Crippen molar-refractivity contribution in [3.05, 3.63) is 64.5 Å². The van der Waals surface area contributed by atoms with E-state index in [2.05, 4.69) is 17.2 Å². The lowest BCUT2D eigenvalue weighted by molar-refractivity contribution is 0.415. The van der Waals surface area contributed by atoms with Crippen LogP contribution in [0.5, 0.6) is 5.75 Å². The molecule has 26 heavy (non-hydrogen) atoms. The number of nitrogens with zero attached hydrogens (tertiary/aromatic N) is 1. The minimum absolute atomic E-state index is 0.403. The first-order chi connectivity index (χ1) is 12.7. The summed E-state index contributed by atoms with van der Waals surface area (Å²) < 4.78 is 10.7. The molecule has 3 aromatic rings. The number of benzene rings is 2. The number of fused-ring (bicyclic) bond motifs is 1. The van der Waals surface area contributed by atoms with E-state index in [0.29, 0.717) is 23.4 Å². The molecule has 0 amide bonds. The van der Waals surface area contributed by atoms with Gasteiger partial charge in [-0.2, -0.15) is 0 Å². The molecule has 0 saturated carbocycles. The van der Waals surface area contributed by atoms with Crippen molar-refractivity contribution in [2.24, 2.45) is 4.99 Å². The average Bonchev–Trinajstić information content (AvgIpc) is 2.67. The molecule has 0 atom stereocenters. The summed E-state index contributed by atoms with van der Waals surface area (Å²) in [4.78, 5) is 16.9. The highest BCUT2D eigenvalue weighted by Crippen LogP contribution is 2.28. The number of ether oxygens (including phenoxy) is 1. The second-order valence-corrected chi connectivity index (χ2v) is 5.92. The highest BCUT2D eigenvalue weighted by Gasteiger charge is 2.13. The molecule has 0 bridgehead atoms. The van der Waals surface area contributed by atoms with Gasteiger partial charge in [0.15, 0.2) is 0 Å². The van der Waals surface area contributed by atoms with E-state index in [1.54, 1.807) is 19.4 Å². The van der Waals surface area contributed by atoms with Crippen LogP contribution in [0.2, 0.25) is 0 Å². The molecule has 5 heteroatoms. The first kappa shape index (κ1) is 17.7. The van der Waals surface area contributed by atoms with Gasteiger partial charge in [-0.3, -0.25) is 4.99 Å². The number of methoxy groups -OCH3 is 1. The van der Waals surface area contributed by atoms with Crippen molar-refractivity contribution < 1.29 is 9.15 Å². The number of rotatable bonds is 7. The summed E-state index contributed by atoms with van der Waals surface area (Å²) in [6, 6.07) is 15.0. The van der Waals surface area contributed by atoms with Crippen LogP contribution in [-0.4, -0.2) is 19.9 Å². The summed E-state index contributed by atoms with van der Waals surface area (Å²) in [6.45, 7) is 2.79. The van der Waals surface area contributed by atoms with Crippen molar-refractivity contribution in [3.63, 3.8) is 0 Å². The minimum Gasteiger partial charge on any atom is -0.497 e. The van der Waals surface area contributed by atoms with Gasteiger partial charge in [0.1, 0.15) is 16.9 Å². The lowest BCUT2D eigenvalue weighted by Crippen LogP contribution is -2.11. The average molecular weight is 350 g/mol. The largest absolute Gasteiger partial charge is 0.497 e. The molecule has 0 spiro atoms. The van der Waals surface area contributed by atoms with Crippen LogP contribution in [0.4, 0.5) is 11.4 Å². The van der Waals surface area contributed by atoms with Gasteiger partial charge in [0.2, 0.25) is 0 Å². The molecule has 0 unspecified atom stereocenters. The molecule has 1 aromatic heterocycles. The molecule has 5 nitrogen and oxygen atoms in total. The van der Waals surface area contributed by atoms with E-state index in [-0.39, 0.29) is 0 Å². The highest BCUT2D eigenvalue weighted by atomic mass is 16.5. The lowest BCUT2D eigenvalue weighted by Gasteiger charge is -2.12. The third kappa shape index (κ3) is 3.94. The minimum atomic E-state index is -0.403. The molecule has 3 rings (SSSR count). The zero-order valence-corrected chi connectivity index (χ0v) is 15.0. The molecule has 0 saturated heterocycles. The number of aliphatic imine (C=N–C) groups is 1. The zero-order chi connectivity index (χ0) is 18.4. The normalized spacial score (nSPS) is 11.2. The molecule has 0 aliphatic carbocycles. The van der Waals surface area contributed by atoms with Crippen LogP contribution < -0.4 is 15.7 Å². The molecule has 134 valence electrons. The molecule has 2 aromatic carbocycles. The second-order valence-electron chi connectivity index (χ2n) is 5.92. The maximum Gasteiger partial charge on any atom is 0.347 e. The van der Waals surface area contributed by atoms with Crippen molar-refractivity contribution in [2.45, 2.75) is 19.8 Å². The summed E-state index contributed by atoms with van der Waals surface area (Å²) in [6.07, 6.45) is 3.65. The monoisotopic (exact) mass is 350 g/mol. The maximum absolute atomic E-state index is 12.5. The number of unbranched alkanes of at least 4 members (excludes halogenated alkanes) is 1. The maximum atomic E-state index is 12.5. The van der Waals surface area contributed by atoms with E-state index in [0.717, 1.165) is 29.7 Å². The number of nitrogens with one attached hydrogen (secondary N) is 1. The SMILES string of the molecule is CCCCN=Cc1c(Nc2ccc(OC)cc2)c2ccccc2oc1=O. The Morgan fingerprint density at radius 3 is 2.65 bits per heavy atom. The Bertz CT molecular complexity index is 959. The number of anilines is 2. The highest BCUT2D eigenvalue weighted by molar-refractivity contribution is 6.01. The number of hydrogen-bond acceptors (Lipinski definition) is 5. The van der Waals surface area contributed by atoms with Crippen LogP contribution in [0.3, 0.4) is 0 Å². The van der Waals surface area contributed by atoms with Gasteiger partial charge in [-0.1, -0.05) is 25.5 Å². The van der Waals surface area contributed by atoms with Crippen LogP contribution in [0.1, 0.15) is 25.3 Å². The van der Waals surface area contributed by atoms with Gasteiger partial charge in [-0.05, 0) is 42.8 Å².